The number of hydrogen-bond acceptors (Lipinski definition) is 3. The molecule has 0 aromatic heterocycles. The average molecular weight is 254 g/mol. The third-order valence-corrected chi connectivity index (χ3v) is 4.30. The Morgan fingerprint density at radius 3 is 2.56 bits per heavy atom. The Balaban J connectivity index is 2.00. The molecule has 1 heterocycles. The first-order valence-corrected chi connectivity index (χ1v) is 6.80. The van der Waals surface area contributed by atoms with Gasteiger partial charge >= 0.3 is 5.97 Å². The van der Waals surface area contributed by atoms with Crippen LogP contribution in [-0.2, 0) is 9.59 Å². The number of carboxylic acid groups (broad SMARTS) is 1. The normalized spacial score (nSPS) is 30.3. The van der Waals surface area contributed by atoms with E-state index in [1.54, 1.807) is 0 Å². The molecule has 0 aromatic rings. The number of carbonyl (C=O) groups excluding carboxylic acids is 1. The van der Waals surface area contributed by atoms with Crippen molar-refractivity contribution in [3.63, 3.8) is 0 Å². The predicted octanol–water partition coefficient (Wildman–Crippen LogP) is 0.888. The van der Waals surface area contributed by atoms with Crippen molar-refractivity contribution in [1.29, 1.82) is 0 Å². The fourth-order valence-corrected chi connectivity index (χ4v) is 3.26. The molecule has 0 aromatic carbocycles. The lowest BCUT2D eigenvalue weighted by molar-refractivity contribution is -0.139. The molecule has 2 rings (SSSR count). The van der Waals surface area contributed by atoms with Gasteiger partial charge in [0.25, 0.3) is 0 Å². The van der Waals surface area contributed by atoms with E-state index >= 15 is 0 Å². The molecule has 2 fully saturated rings. The summed E-state index contributed by atoms with van der Waals surface area (Å²) in [6.45, 7) is 2.88. The van der Waals surface area contributed by atoms with Crippen molar-refractivity contribution in [1.82, 2.24) is 10.6 Å². The van der Waals surface area contributed by atoms with Crippen LogP contribution in [0.5, 0.6) is 0 Å². The smallest absolute Gasteiger partial charge is 0.305 e. The van der Waals surface area contributed by atoms with Crippen LogP contribution in [0.2, 0.25) is 0 Å². The zero-order valence-electron chi connectivity index (χ0n) is 10.9. The number of carbonyl (C=O) groups is 2. The molecular weight excluding hydrogens is 232 g/mol. The maximum absolute atomic E-state index is 12.3. The summed E-state index contributed by atoms with van der Waals surface area (Å²) in [7, 11) is 0. The van der Waals surface area contributed by atoms with Crippen LogP contribution < -0.4 is 10.6 Å². The third kappa shape index (κ3) is 2.83. The second-order valence-electron chi connectivity index (χ2n) is 5.69. The number of amides is 1. The maximum Gasteiger partial charge on any atom is 0.305 e. The summed E-state index contributed by atoms with van der Waals surface area (Å²) in [5.41, 5.74) is -0.495. The van der Waals surface area contributed by atoms with Crippen molar-refractivity contribution in [2.24, 2.45) is 5.92 Å². The molecule has 18 heavy (non-hydrogen) atoms. The Bertz CT molecular complexity index is 337. The van der Waals surface area contributed by atoms with Crippen LogP contribution in [0.25, 0.3) is 0 Å². The Kier molecular flexibility index (Phi) is 3.90. The van der Waals surface area contributed by atoms with Gasteiger partial charge in [0.15, 0.2) is 0 Å². The van der Waals surface area contributed by atoms with Crippen molar-refractivity contribution >= 4 is 11.9 Å². The second kappa shape index (κ2) is 5.26. The number of nitrogens with one attached hydrogen (secondary N) is 2. The fraction of sp³-hybridized carbons (Fsp3) is 0.846. The largest absolute Gasteiger partial charge is 0.481 e. The molecule has 5 nitrogen and oxygen atoms in total. The number of hydrogen-bond donors (Lipinski definition) is 3. The van der Waals surface area contributed by atoms with Crippen LogP contribution in [-0.4, -0.2) is 35.1 Å². The molecule has 2 atom stereocenters. The van der Waals surface area contributed by atoms with Crippen LogP contribution in [0.4, 0.5) is 0 Å². The molecular formula is C13H22N2O3. The minimum atomic E-state index is -0.824. The van der Waals surface area contributed by atoms with Gasteiger partial charge in [0.05, 0.1) is 17.9 Å². The van der Waals surface area contributed by atoms with Gasteiger partial charge < -0.3 is 15.7 Å². The maximum atomic E-state index is 12.3. The molecule has 1 amide bonds. The van der Waals surface area contributed by atoms with E-state index < -0.39 is 11.5 Å². The van der Waals surface area contributed by atoms with E-state index in [1.807, 2.05) is 6.92 Å². The van der Waals surface area contributed by atoms with Gasteiger partial charge in [0, 0.05) is 6.04 Å². The molecule has 0 spiro atoms. The van der Waals surface area contributed by atoms with Gasteiger partial charge in [-0.25, -0.2) is 0 Å². The lowest BCUT2D eigenvalue weighted by atomic mass is 9.91. The average Bonchev–Trinajstić information content (AvgIpc) is 2.86. The molecule has 1 aliphatic carbocycles. The highest BCUT2D eigenvalue weighted by Gasteiger charge is 2.40. The van der Waals surface area contributed by atoms with Gasteiger partial charge in [0.1, 0.15) is 0 Å². The summed E-state index contributed by atoms with van der Waals surface area (Å²) in [6.07, 6.45) is 4.49. The number of rotatable bonds is 4. The Hall–Kier alpha value is -1.10. The molecule has 102 valence electrons. The van der Waals surface area contributed by atoms with Crippen molar-refractivity contribution in [3.05, 3.63) is 0 Å². The van der Waals surface area contributed by atoms with E-state index in [2.05, 4.69) is 10.6 Å². The zero-order valence-corrected chi connectivity index (χ0v) is 10.9. The molecule has 1 aliphatic heterocycles. The first-order valence-electron chi connectivity index (χ1n) is 6.80. The minimum Gasteiger partial charge on any atom is -0.481 e. The SMILES string of the molecule is CC1NCCC1C(=O)NC1(CC(=O)O)CCCC1. The van der Waals surface area contributed by atoms with E-state index in [9.17, 15) is 9.59 Å². The summed E-state index contributed by atoms with van der Waals surface area (Å²) in [6, 6.07) is 0.188. The van der Waals surface area contributed by atoms with Crippen LogP contribution >= 0.6 is 0 Å². The number of carboxylic acids is 1. The second-order valence-corrected chi connectivity index (χ2v) is 5.69. The molecule has 5 heteroatoms. The highest BCUT2D eigenvalue weighted by atomic mass is 16.4. The van der Waals surface area contributed by atoms with E-state index in [1.165, 1.54) is 0 Å². The van der Waals surface area contributed by atoms with Gasteiger partial charge in [-0.1, -0.05) is 12.8 Å². The van der Waals surface area contributed by atoms with E-state index in [0.29, 0.717) is 0 Å². The highest BCUT2D eigenvalue weighted by Crippen LogP contribution is 2.33. The zero-order chi connectivity index (χ0) is 13.2. The Labute approximate surface area is 107 Å². The minimum absolute atomic E-state index is 0.0173. The standard InChI is InChI=1S/C13H22N2O3/c1-9-10(4-7-14-9)12(18)15-13(8-11(16)17)5-2-3-6-13/h9-10,14H,2-8H2,1H3,(H,15,18)(H,16,17). The van der Waals surface area contributed by atoms with E-state index in [4.69, 9.17) is 5.11 Å². The summed E-state index contributed by atoms with van der Waals surface area (Å²) in [5, 5.41) is 15.3. The molecule has 0 bridgehead atoms. The van der Waals surface area contributed by atoms with Crippen molar-refractivity contribution < 1.29 is 14.7 Å². The summed E-state index contributed by atoms with van der Waals surface area (Å²) >= 11 is 0. The molecule has 1 saturated carbocycles. The quantitative estimate of drug-likeness (QED) is 0.696. The first-order chi connectivity index (χ1) is 8.52. The lowest BCUT2D eigenvalue weighted by Gasteiger charge is -2.30. The van der Waals surface area contributed by atoms with E-state index in [0.717, 1.165) is 38.6 Å². The van der Waals surface area contributed by atoms with Crippen LogP contribution in [0.15, 0.2) is 0 Å². The van der Waals surface area contributed by atoms with Crippen molar-refractivity contribution in [2.75, 3.05) is 6.54 Å². The summed E-state index contributed by atoms with van der Waals surface area (Å²) in [4.78, 5) is 23.2. The lowest BCUT2D eigenvalue weighted by Crippen LogP contribution is -2.51. The summed E-state index contributed by atoms with van der Waals surface area (Å²) in [5.74, 6) is -0.818. The highest BCUT2D eigenvalue weighted by molar-refractivity contribution is 5.81. The molecule has 0 radical (unpaired) electrons. The number of aliphatic carboxylic acids is 1. The molecule has 2 aliphatic rings. The monoisotopic (exact) mass is 254 g/mol. The van der Waals surface area contributed by atoms with Gasteiger partial charge in [-0.15, -0.1) is 0 Å². The third-order valence-electron chi connectivity index (χ3n) is 4.30. The molecule has 2 unspecified atom stereocenters. The van der Waals surface area contributed by atoms with Crippen molar-refractivity contribution in [2.45, 2.75) is 57.0 Å². The van der Waals surface area contributed by atoms with Crippen LogP contribution in [0.3, 0.4) is 0 Å². The predicted molar refractivity (Wildman–Crippen MR) is 67.2 cm³/mol. The topological polar surface area (TPSA) is 78.4 Å². The van der Waals surface area contributed by atoms with Gasteiger partial charge in [-0.05, 0) is 32.7 Å². The van der Waals surface area contributed by atoms with Gasteiger partial charge in [-0.2, -0.15) is 0 Å². The van der Waals surface area contributed by atoms with Crippen LogP contribution in [0, 0.1) is 5.92 Å². The molecule has 3 N–H and O–H groups in total. The molecule has 1 saturated heterocycles. The van der Waals surface area contributed by atoms with Gasteiger partial charge in [-0.3, -0.25) is 9.59 Å². The Morgan fingerprint density at radius 1 is 1.39 bits per heavy atom. The van der Waals surface area contributed by atoms with Gasteiger partial charge in [0.2, 0.25) is 5.91 Å². The fourth-order valence-electron chi connectivity index (χ4n) is 3.26. The first kappa shape index (κ1) is 13.3. The van der Waals surface area contributed by atoms with E-state index in [-0.39, 0.29) is 24.3 Å². The summed E-state index contributed by atoms with van der Waals surface area (Å²) < 4.78 is 0. The Morgan fingerprint density at radius 2 is 2.06 bits per heavy atom. The van der Waals surface area contributed by atoms with Crippen molar-refractivity contribution in [3.8, 4) is 0 Å². The van der Waals surface area contributed by atoms with Crippen LogP contribution in [0.1, 0.15) is 45.4 Å².